The second kappa shape index (κ2) is 3.52. The third-order valence-corrected chi connectivity index (χ3v) is 2.99. The molecule has 2 aliphatic rings. The molecule has 2 rings (SSSR count). The SMILES string of the molecule is OC1(CN[C@@H]2COC[C@H]2F)CCC1. The highest BCUT2D eigenvalue weighted by Crippen LogP contribution is 2.30. The van der Waals surface area contributed by atoms with Gasteiger partial charge in [0.15, 0.2) is 0 Å². The predicted octanol–water partition coefficient (Wildman–Crippen LogP) is 0.228. The molecule has 1 saturated carbocycles. The normalized spacial score (nSPS) is 37.4. The van der Waals surface area contributed by atoms with E-state index in [1.165, 1.54) is 0 Å². The third kappa shape index (κ3) is 2.00. The van der Waals surface area contributed by atoms with Crippen LogP contribution >= 0.6 is 0 Å². The summed E-state index contributed by atoms with van der Waals surface area (Å²) in [5, 5.41) is 12.8. The third-order valence-electron chi connectivity index (χ3n) is 2.99. The molecule has 2 atom stereocenters. The molecule has 76 valence electrons. The van der Waals surface area contributed by atoms with E-state index in [9.17, 15) is 9.50 Å². The Morgan fingerprint density at radius 2 is 2.23 bits per heavy atom. The highest BCUT2D eigenvalue weighted by atomic mass is 19.1. The largest absolute Gasteiger partial charge is 0.389 e. The number of rotatable bonds is 3. The Kier molecular flexibility index (Phi) is 2.53. The van der Waals surface area contributed by atoms with E-state index in [4.69, 9.17) is 4.74 Å². The standard InChI is InChI=1S/C9H16FNO2/c10-7-4-13-5-8(7)11-6-9(12)2-1-3-9/h7-8,11-12H,1-6H2/t7-,8-/m1/s1. The van der Waals surface area contributed by atoms with Gasteiger partial charge in [0.25, 0.3) is 0 Å². The fraction of sp³-hybridized carbons (Fsp3) is 1.00. The molecular formula is C9H16FNO2. The molecule has 0 aromatic heterocycles. The Hall–Kier alpha value is -0.190. The Labute approximate surface area is 77.3 Å². The van der Waals surface area contributed by atoms with E-state index in [0.29, 0.717) is 13.2 Å². The second-order valence-corrected chi connectivity index (χ2v) is 4.12. The van der Waals surface area contributed by atoms with Crippen LogP contribution in [-0.2, 0) is 4.74 Å². The molecule has 0 aromatic rings. The number of hydrogen-bond acceptors (Lipinski definition) is 3. The minimum absolute atomic E-state index is 0.191. The van der Waals surface area contributed by atoms with Gasteiger partial charge < -0.3 is 15.2 Å². The lowest BCUT2D eigenvalue weighted by Gasteiger charge is -2.37. The van der Waals surface area contributed by atoms with Crippen LogP contribution in [-0.4, -0.2) is 42.7 Å². The summed E-state index contributed by atoms with van der Waals surface area (Å²) < 4.78 is 18.0. The maximum atomic E-state index is 13.0. The van der Waals surface area contributed by atoms with E-state index < -0.39 is 11.8 Å². The van der Waals surface area contributed by atoms with Crippen LogP contribution < -0.4 is 5.32 Å². The first-order chi connectivity index (χ1) is 6.20. The Balaban J connectivity index is 1.72. The van der Waals surface area contributed by atoms with Crippen LogP contribution in [0.15, 0.2) is 0 Å². The van der Waals surface area contributed by atoms with Crippen LogP contribution in [0.5, 0.6) is 0 Å². The van der Waals surface area contributed by atoms with Crippen LogP contribution in [0.2, 0.25) is 0 Å². The van der Waals surface area contributed by atoms with Gasteiger partial charge in [-0.15, -0.1) is 0 Å². The smallest absolute Gasteiger partial charge is 0.141 e. The Morgan fingerprint density at radius 1 is 1.46 bits per heavy atom. The molecule has 2 fully saturated rings. The van der Waals surface area contributed by atoms with E-state index in [2.05, 4.69) is 5.32 Å². The molecule has 1 aliphatic heterocycles. The van der Waals surface area contributed by atoms with E-state index in [0.717, 1.165) is 19.3 Å². The highest BCUT2D eigenvalue weighted by molar-refractivity contribution is 4.92. The average Bonchev–Trinajstić information content (AvgIpc) is 2.44. The Morgan fingerprint density at radius 3 is 2.69 bits per heavy atom. The van der Waals surface area contributed by atoms with Crippen molar-refractivity contribution in [1.29, 1.82) is 0 Å². The average molecular weight is 189 g/mol. The lowest BCUT2D eigenvalue weighted by Crippen LogP contribution is -2.50. The first-order valence-electron chi connectivity index (χ1n) is 4.87. The minimum atomic E-state index is -0.913. The minimum Gasteiger partial charge on any atom is -0.389 e. The molecular weight excluding hydrogens is 173 g/mol. The van der Waals surface area contributed by atoms with Gasteiger partial charge in [0.2, 0.25) is 0 Å². The van der Waals surface area contributed by atoms with Gasteiger partial charge in [-0.25, -0.2) is 4.39 Å². The van der Waals surface area contributed by atoms with Crippen molar-refractivity contribution in [3.8, 4) is 0 Å². The summed E-state index contributed by atoms with van der Waals surface area (Å²) in [7, 11) is 0. The molecule has 4 heteroatoms. The van der Waals surface area contributed by atoms with Crippen molar-refractivity contribution in [3.63, 3.8) is 0 Å². The highest BCUT2D eigenvalue weighted by Gasteiger charge is 2.36. The summed E-state index contributed by atoms with van der Waals surface area (Å²) in [4.78, 5) is 0. The molecule has 0 radical (unpaired) electrons. The van der Waals surface area contributed by atoms with E-state index in [-0.39, 0.29) is 12.6 Å². The molecule has 1 aliphatic carbocycles. The van der Waals surface area contributed by atoms with Gasteiger partial charge in [-0.3, -0.25) is 0 Å². The lowest BCUT2D eigenvalue weighted by molar-refractivity contribution is -0.0342. The molecule has 2 N–H and O–H groups in total. The van der Waals surface area contributed by atoms with E-state index in [1.54, 1.807) is 0 Å². The van der Waals surface area contributed by atoms with Crippen LogP contribution in [0.3, 0.4) is 0 Å². The van der Waals surface area contributed by atoms with Crippen LogP contribution in [0.4, 0.5) is 4.39 Å². The summed E-state index contributed by atoms with van der Waals surface area (Å²) in [5.74, 6) is 0. The number of alkyl halides is 1. The molecule has 1 heterocycles. The molecule has 0 spiro atoms. The maximum Gasteiger partial charge on any atom is 0.141 e. The van der Waals surface area contributed by atoms with Crippen LogP contribution in [0, 0.1) is 0 Å². The summed E-state index contributed by atoms with van der Waals surface area (Å²) in [6.45, 7) is 1.12. The van der Waals surface area contributed by atoms with E-state index >= 15 is 0 Å². The Bertz CT molecular complexity index is 184. The van der Waals surface area contributed by atoms with Crippen molar-refractivity contribution < 1.29 is 14.2 Å². The first kappa shape index (κ1) is 9.37. The lowest BCUT2D eigenvalue weighted by atomic mass is 9.80. The molecule has 0 unspecified atom stereocenters. The van der Waals surface area contributed by atoms with Crippen molar-refractivity contribution >= 4 is 0 Å². The van der Waals surface area contributed by atoms with Crippen molar-refractivity contribution in [2.24, 2.45) is 0 Å². The van der Waals surface area contributed by atoms with Crippen molar-refractivity contribution in [1.82, 2.24) is 5.32 Å². The zero-order valence-electron chi connectivity index (χ0n) is 7.63. The number of nitrogens with one attached hydrogen (secondary N) is 1. The summed E-state index contributed by atoms with van der Waals surface area (Å²) in [6.07, 6.45) is 1.84. The predicted molar refractivity (Wildman–Crippen MR) is 46.3 cm³/mol. The van der Waals surface area contributed by atoms with Gasteiger partial charge >= 0.3 is 0 Å². The van der Waals surface area contributed by atoms with Crippen LogP contribution in [0.1, 0.15) is 19.3 Å². The molecule has 0 bridgehead atoms. The fourth-order valence-electron chi connectivity index (χ4n) is 1.80. The zero-order chi connectivity index (χ0) is 9.31. The van der Waals surface area contributed by atoms with Crippen LogP contribution in [0.25, 0.3) is 0 Å². The van der Waals surface area contributed by atoms with Gasteiger partial charge in [0.05, 0.1) is 24.9 Å². The molecule has 1 saturated heterocycles. The summed E-state index contributed by atoms with van der Waals surface area (Å²) in [6, 6.07) is -0.218. The van der Waals surface area contributed by atoms with Crippen molar-refractivity contribution in [2.45, 2.75) is 37.1 Å². The second-order valence-electron chi connectivity index (χ2n) is 4.12. The topological polar surface area (TPSA) is 41.5 Å². The monoisotopic (exact) mass is 189 g/mol. The van der Waals surface area contributed by atoms with Gasteiger partial charge in [-0.1, -0.05) is 0 Å². The molecule has 0 aromatic carbocycles. The van der Waals surface area contributed by atoms with Gasteiger partial charge in [0.1, 0.15) is 6.17 Å². The fourth-order valence-corrected chi connectivity index (χ4v) is 1.80. The van der Waals surface area contributed by atoms with Gasteiger partial charge in [-0.2, -0.15) is 0 Å². The summed E-state index contributed by atoms with van der Waals surface area (Å²) in [5.41, 5.74) is -0.567. The zero-order valence-corrected chi connectivity index (χ0v) is 7.63. The molecule has 3 nitrogen and oxygen atoms in total. The first-order valence-corrected chi connectivity index (χ1v) is 4.87. The van der Waals surface area contributed by atoms with E-state index in [1.807, 2.05) is 0 Å². The van der Waals surface area contributed by atoms with Crippen molar-refractivity contribution in [2.75, 3.05) is 19.8 Å². The van der Waals surface area contributed by atoms with Gasteiger partial charge in [0, 0.05) is 6.54 Å². The number of ether oxygens (including phenoxy) is 1. The van der Waals surface area contributed by atoms with Crippen molar-refractivity contribution in [3.05, 3.63) is 0 Å². The maximum absolute atomic E-state index is 13.0. The number of hydrogen-bond donors (Lipinski definition) is 2. The number of halogens is 1. The number of aliphatic hydroxyl groups is 1. The molecule has 0 amide bonds. The molecule has 13 heavy (non-hydrogen) atoms. The quantitative estimate of drug-likeness (QED) is 0.667. The van der Waals surface area contributed by atoms with Gasteiger partial charge in [-0.05, 0) is 19.3 Å². The summed E-state index contributed by atoms with van der Waals surface area (Å²) >= 11 is 0.